The number of fused-ring (bicyclic) bond motifs is 2. The van der Waals surface area contributed by atoms with Crippen LogP contribution < -0.4 is 10.9 Å². The zero-order chi connectivity index (χ0) is 20.5. The highest BCUT2D eigenvalue weighted by Gasteiger charge is 2.13. The van der Waals surface area contributed by atoms with Gasteiger partial charge in [0.1, 0.15) is 6.54 Å². The van der Waals surface area contributed by atoms with Crippen molar-refractivity contribution in [1.82, 2.24) is 14.5 Å². The predicted octanol–water partition coefficient (Wildman–Crippen LogP) is 2.82. The van der Waals surface area contributed by atoms with E-state index in [0.717, 1.165) is 10.9 Å². The minimum absolute atomic E-state index is 0.000979. The molecule has 0 spiro atoms. The van der Waals surface area contributed by atoms with Crippen LogP contribution in [0.1, 0.15) is 10.4 Å². The number of rotatable bonds is 4. The first kappa shape index (κ1) is 18.5. The van der Waals surface area contributed by atoms with Crippen molar-refractivity contribution in [2.75, 3.05) is 19.4 Å². The van der Waals surface area contributed by atoms with Gasteiger partial charge in [0.25, 0.3) is 5.91 Å². The highest BCUT2D eigenvalue weighted by atomic mass is 16.2. The van der Waals surface area contributed by atoms with Gasteiger partial charge in [0.05, 0.1) is 5.56 Å². The van der Waals surface area contributed by atoms with Gasteiger partial charge in [-0.05, 0) is 30.3 Å². The third-order valence-electron chi connectivity index (χ3n) is 4.83. The molecule has 0 fully saturated rings. The van der Waals surface area contributed by atoms with Crippen LogP contribution in [0, 0.1) is 0 Å². The van der Waals surface area contributed by atoms with Crippen LogP contribution >= 0.6 is 0 Å². The number of H-pyrrole nitrogens is 1. The molecule has 146 valence electrons. The average molecular weight is 388 g/mol. The molecule has 2 aromatic carbocycles. The molecule has 0 radical (unpaired) electrons. The summed E-state index contributed by atoms with van der Waals surface area (Å²) in [7, 11) is 3.44. The van der Waals surface area contributed by atoms with Gasteiger partial charge in [-0.2, -0.15) is 0 Å². The zero-order valence-corrected chi connectivity index (χ0v) is 16.1. The Morgan fingerprint density at radius 3 is 2.66 bits per heavy atom. The lowest BCUT2D eigenvalue weighted by Crippen LogP contribution is -2.25. The van der Waals surface area contributed by atoms with E-state index in [-0.39, 0.29) is 23.9 Å². The van der Waals surface area contributed by atoms with Gasteiger partial charge in [0.2, 0.25) is 11.5 Å². The Morgan fingerprint density at radius 2 is 1.86 bits per heavy atom. The summed E-state index contributed by atoms with van der Waals surface area (Å²) in [5.74, 6) is -0.352. The van der Waals surface area contributed by atoms with Crippen molar-refractivity contribution >= 4 is 39.3 Å². The molecule has 2 amide bonds. The standard InChI is InChI=1S/C22H20N4O3/c1-25(2)21(28)13-26-10-9-14-11-15(7-8-19(14)26)23-22(29)17-12-20(27)24-18-6-4-3-5-16(17)18/h3-12H,13H2,1-2H3,(H,23,29)(H,24,27). The molecule has 0 aliphatic heterocycles. The number of benzene rings is 2. The van der Waals surface area contributed by atoms with Crippen LogP contribution in [-0.2, 0) is 11.3 Å². The number of amides is 2. The van der Waals surface area contributed by atoms with E-state index in [2.05, 4.69) is 10.3 Å². The summed E-state index contributed by atoms with van der Waals surface area (Å²) in [4.78, 5) is 41.0. The second-order valence-corrected chi connectivity index (χ2v) is 7.05. The van der Waals surface area contributed by atoms with E-state index in [1.165, 1.54) is 6.07 Å². The molecule has 0 atom stereocenters. The Labute approximate surface area is 166 Å². The SMILES string of the molecule is CN(C)C(=O)Cn1ccc2cc(NC(=O)c3cc(=O)[nH]c4ccccc34)ccc21. The molecule has 4 aromatic rings. The molecule has 4 rings (SSSR count). The molecule has 29 heavy (non-hydrogen) atoms. The lowest BCUT2D eigenvalue weighted by atomic mass is 10.1. The van der Waals surface area contributed by atoms with Crippen LogP contribution in [0.25, 0.3) is 21.8 Å². The molecule has 2 heterocycles. The second-order valence-electron chi connectivity index (χ2n) is 7.05. The molecule has 0 saturated heterocycles. The van der Waals surface area contributed by atoms with Gasteiger partial charge in [-0.1, -0.05) is 18.2 Å². The number of likely N-dealkylation sites (N-methyl/N-ethyl adjacent to an activating group) is 1. The van der Waals surface area contributed by atoms with Gasteiger partial charge < -0.3 is 19.8 Å². The molecule has 0 unspecified atom stereocenters. The van der Waals surface area contributed by atoms with E-state index in [0.29, 0.717) is 22.2 Å². The molecular weight excluding hydrogens is 368 g/mol. The summed E-state index contributed by atoms with van der Waals surface area (Å²) in [6, 6.07) is 15.9. The van der Waals surface area contributed by atoms with Crippen molar-refractivity contribution in [3.05, 3.63) is 76.7 Å². The molecule has 0 bridgehead atoms. The summed E-state index contributed by atoms with van der Waals surface area (Å²) in [5, 5.41) is 4.45. The monoisotopic (exact) mass is 388 g/mol. The third-order valence-corrected chi connectivity index (χ3v) is 4.83. The Morgan fingerprint density at radius 1 is 1.07 bits per heavy atom. The van der Waals surface area contributed by atoms with Gasteiger partial charge in [-0.15, -0.1) is 0 Å². The Balaban J connectivity index is 1.63. The van der Waals surface area contributed by atoms with E-state index < -0.39 is 0 Å². The van der Waals surface area contributed by atoms with Gasteiger partial charge in [-0.25, -0.2) is 0 Å². The Kier molecular flexibility index (Phi) is 4.64. The van der Waals surface area contributed by atoms with Crippen molar-refractivity contribution in [3.63, 3.8) is 0 Å². The third kappa shape index (κ3) is 3.62. The maximum absolute atomic E-state index is 12.8. The average Bonchev–Trinajstić information content (AvgIpc) is 3.09. The molecule has 0 saturated carbocycles. The van der Waals surface area contributed by atoms with E-state index in [1.54, 1.807) is 43.3 Å². The fraction of sp³-hybridized carbons (Fsp3) is 0.136. The number of carbonyl (C=O) groups excluding carboxylic acids is 2. The van der Waals surface area contributed by atoms with E-state index in [4.69, 9.17) is 0 Å². The summed E-state index contributed by atoms with van der Waals surface area (Å²) >= 11 is 0. The van der Waals surface area contributed by atoms with Crippen LogP contribution in [0.4, 0.5) is 5.69 Å². The number of aromatic amines is 1. The lowest BCUT2D eigenvalue weighted by molar-refractivity contribution is -0.129. The topological polar surface area (TPSA) is 87.2 Å². The number of aromatic nitrogens is 2. The number of nitrogens with one attached hydrogen (secondary N) is 2. The normalized spacial score (nSPS) is 11.0. The molecule has 7 heteroatoms. The van der Waals surface area contributed by atoms with Crippen LogP contribution in [0.15, 0.2) is 65.6 Å². The summed E-state index contributed by atoms with van der Waals surface area (Å²) in [5.41, 5.74) is 2.12. The number of para-hydroxylation sites is 1. The van der Waals surface area contributed by atoms with Crippen molar-refractivity contribution in [2.24, 2.45) is 0 Å². The van der Waals surface area contributed by atoms with Crippen molar-refractivity contribution in [1.29, 1.82) is 0 Å². The Bertz CT molecular complexity index is 1300. The lowest BCUT2D eigenvalue weighted by Gasteiger charge is -2.12. The number of pyridine rings is 1. The molecule has 7 nitrogen and oxygen atoms in total. The zero-order valence-electron chi connectivity index (χ0n) is 16.1. The number of hydrogen-bond acceptors (Lipinski definition) is 3. The largest absolute Gasteiger partial charge is 0.347 e. The van der Waals surface area contributed by atoms with Gasteiger partial charge in [-0.3, -0.25) is 14.4 Å². The van der Waals surface area contributed by atoms with Crippen LogP contribution in [0.3, 0.4) is 0 Å². The van der Waals surface area contributed by atoms with Gasteiger partial charge >= 0.3 is 0 Å². The minimum Gasteiger partial charge on any atom is -0.347 e. The highest BCUT2D eigenvalue weighted by Crippen LogP contribution is 2.22. The minimum atomic E-state index is -0.353. The van der Waals surface area contributed by atoms with Crippen molar-refractivity contribution < 1.29 is 9.59 Å². The quantitative estimate of drug-likeness (QED) is 0.564. The smallest absolute Gasteiger partial charge is 0.256 e. The van der Waals surface area contributed by atoms with Crippen LogP contribution in [0.5, 0.6) is 0 Å². The van der Waals surface area contributed by atoms with Gasteiger partial charge in [0, 0.05) is 53.9 Å². The van der Waals surface area contributed by atoms with E-state index in [9.17, 15) is 14.4 Å². The molecule has 0 aliphatic rings. The number of anilines is 1. The van der Waals surface area contributed by atoms with Crippen molar-refractivity contribution in [2.45, 2.75) is 6.54 Å². The van der Waals surface area contributed by atoms with Crippen molar-refractivity contribution in [3.8, 4) is 0 Å². The fourth-order valence-corrected chi connectivity index (χ4v) is 3.29. The predicted molar refractivity (Wildman–Crippen MR) is 113 cm³/mol. The molecule has 0 aliphatic carbocycles. The number of carbonyl (C=O) groups is 2. The first-order valence-corrected chi connectivity index (χ1v) is 9.15. The molecule has 2 N–H and O–H groups in total. The second kappa shape index (κ2) is 7.27. The van der Waals surface area contributed by atoms with E-state index in [1.807, 2.05) is 35.0 Å². The summed E-state index contributed by atoms with van der Waals surface area (Å²) in [6.07, 6.45) is 1.85. The first-order chi connectivity index (χ1) is 13.9. The Hall–Kier alpha value is -3.87. The van der Waals surface area contributed by atoms with Crippen LogP contribution in [-0.4, -0.2) is 40.4 Å². The van der Waals surface area contributed by atoms with Crippen LogP contribution in [0.2, 0.25) is 0 Å². The molecular formula is C22H20N4O3. The number of nitrogens with zero attached hydrogens (tertiary/aromatic N) is 2. The maximum atomic E-state index is 12.8. The molecule has 2 aromatic heterocycles. The fourth-order valence-electron chi connectivity index (χ4n) is 3.29. The van der Waals surface area contributed by atoms with E-state index >= 15 is 0 Å². The maximum Gasteiger partial charge on any atom is 0.256 e. The number of hydrogen-bond donors (Lipinski definition) is 2. The highest BCUT2D eigenvalue weighted by molar-refractivity contribution is 6.12. The first-order valence-electron chi connectivity index (χ1n) is 9.15. The van der Waals surface area contributed by atoms with Gasteiger partial charge in [0.15, 0.2) is 0 Å². The summed E-state index contributed by atoms with van der Waals surface area (Å²) < 4.78 is 1.87. The summed E-state index contributed by atoms with van der Waals surface area (Å²) in [6.45, 7) is 0.251.